The fourth-order valence-electron chi connectivity index (χ4n) is 1.11. The summed E-state index contributed by atoms with van der Waals surface area (Å²) in [6, 6.07) is 0. The number of nitrogens with zero attached hydrogens (tertiary/aromatic N) is 2. The second-order valence-corrected chi connectivity index (χ2v) is 3.94. The molecule has 0 spiro atoms. The van der Waals surface area contributed by atoms with Crippen molar-refractivity contribution in [2.45, 2.75) is 39.7 Å². The van der Waals surface area contributed by atoms with Gasteiger partial charge in [-0.3, -0.25) is 4.79 Å². The molecule has 0 N–H and O–H groups in total. The van der Waals surface area contributed by atoms with Gasteiger partial charge in [0.05, 0.1) is 5.71 Å². The van der Waals surface area contributed by atoms with E-state index in [1.807, 2.05) is 0 Å². The van der Waals surface area contributed by atoms with E-state index in [2.05, 4.69) is 15.1 Å². The highest BCUT2D eigenvalue weighted by molar-refractivity contribution is 6.37. The molecule has 6 heteroatoms. The maximum absolute atomic E-state index is 11.6. The Labute approximate surface area is 93.3 Å². The van der Waals surface area contributed by atoms with Crippen molar-refractivity contribution in [1.29, 1.82) is 0 Å². The van der Waals surface area contributed by atoms with Gasteiger partial charge in [0.1, 0.15) is 5.71 Å². The molecule has 88 valence electrons. The van der Waals surface area contributed by atoms with E-state index in [1.165, 1.54) is 13.8 Å². The molecule has 0 saturated heterocycles. The summed E-state index contributed by atoms with van der Waals surface area (Å²) in [6.07, 6.45) is 0.362. The number of Topliss-reactive ketones (excluding diaryl/α,β-unsaturated/α-hetero) is 1. The molecule has 0 bridgehead atoms. The van der Waals surface area contributed by atoms with Crippen LogP contribution < -0.4 is 0 Å². The molecule has 1 atom stereocenters. The van der Waals surface area contributed by atoms with Gasteiger partial charge < -0.3 is 9.68 Å². The van der Waals surface area contributed by atoms with Crippen molar-refractivity contribution in [1.82, 2.24) is 0 Å². The third-order valence-electron chi connectivity index (χ3n) is 2.20. The van der Waals surface area contributed by atoms with E-state index in [1.54, 1.807) is 13.8 Å². The molecular weight excluding hydrogens is 212 g/mol. The highest BCUT2D eigenvalue weighted by atomic mass is 16.7. The fourth-order valence-corrected chi connectivity index (χ4v) is 1.11. The zero-order chi connectivity index (χ0) is 12.3. The first kappa shape index (κ1) is 12.4. The van der Waals surface area contributed by atoms with Crippen molar-refractivity contribution in [2.75, 3.05) is 0 Å². The number of ketones is 1. The SMILES string of the molecule is CC(=O)/C(C)=N/OC(=O)C1(C)CC(C)=NO1. The molecule has 1 heterocycles. The molecule has 1 unspecified atom stereocenters. The first-order valence-electron chi connectivity index (χ1n) is 4.84. The standard InChI is InChI=1S/C10H14N2O4/c1-6-5-10(4,16-11-6)9(14)15-12-7(2)8(3)13/h5H2,1-4H3/b12-7+. The Balaban J connectivity index is 2.61. The molecular formula is C10H14N2O4. The Kier molecular flexibility index (Phi) is 3.41. The monoisotopic (exact) mass is 226 g/mol. The molecule has 6 nitrogen and oxygen atoms in total. The van der Waals surface area contributed by atoms with Crippen molar-refractivity contribution in [2.24, 2.45) is 10.3 Å². The summed E-state index contributed by atoms with van der Waals surface area (Å²) in [5, 5.41) is 7.10. The lowest BCUT2D eigenvalue weighted by atomic mass is 10.0. The lowest BCUT2D eigenvalue weighted by molar-refractivity contribution is -0.167. The first-order valence-corrected chi connectivity index (χ1v) is 4.84. The van der Waals surface area contributed by atoms with Crippen LogP contribution in [0.4, 0.5) is 0 Å². The summed E-state index contributed by atoms with van der Waals surface area (Å²) in [6.45, 7) is 6.12. The number of hydrogen-bond donors (Lipinski definition) is 0. The molecule has 0 aromatic heterocycles. The Morgan fingerprint density at radius 3 is 2.56 bits per heavy atom. The quantitative estimate of drug-likeness (QED) is 0.409. The number of oxime groups is 2. The van der Waals surface area contributed by atoms with Crippen LogP contribution in [-0.4, -0.2) is 28.8 Å². The van der Waals surface area contributed by atoms with Gasteiger partial charge >= 0.3 is 5.97 Å². The third-order valence-corrected chi connectivity index (χ3v) is 2.20. The zero-order valence-corrected chi connectivity index (χ0v) is 9.73. The van der Waals surface area contributed by atoms with Gasteiger partial charge in [-0.2, -0.15) is 0 Å². The maximum atomic E-state index is 11.6. The lowest BCUT2D eigenvalue weighted by Crippen LogP contribution is -2.36. The predicted molar refractivity (Wildman–Crippen MR) is 57.1 cm³/mol. The van der Waals surface area contributed by atoms with Crippen LogP contribution in [0.3, 0.4) is 0 Å². The van der Waals surface area contributed by atoms with E-state index in [0.29, 0.717) is 12.1 Å². The summed E-state index contributed by atoms with van der Waals surface area (Å²) in [4.78, 5) is 32.0. The highest BCUT2D eigenvalue weighted by Gasteiger charge is 2.43. The predicted octanol–water partition coefficient (Wildman–Crippen LogP) is 1.05. The summed E-state index contributed by atoms with van der Waals surface area (Å²) in [7, 11) is 0. The van der Waals surface area contributed by atoms with Crippen molar-refractivity contribution in [3.63, 3.8) is 0 Å². The van der Waals surface area contributed by atoms with E-state index in [9.17, 15) is 9.59 Å². The van der Waals surface area contributed by atoms with E-state index < -0.39 is 11.6 Å². The molecule has 0 amide bonds. The minimum Gasteiger partial charge on any atom is -0.377 e. The van der Waals surface area contributed by atoms with Crippen LogP contribution in [0.15, 0.2) is 10.3 Å². The lowest BCUT2D eigenvalue weighted by Gasteiger charge is -2.16. The van der Waals surface area contributed by atoms with E-state index >= 15 is 0 Å². The number of rotatable bonds is 3. The zero-order valence-electron chi connectivity index (χ0n) is 9.73. The molecule has 0 fully saturated rings. The molecule has 0 aliphatic carbocycles. The largest absolute Gasteiger partial charge is 0.381 e. The van der Waals surface area contributed by atoms with Crippen LogP contribution in [0.1, 0.15) is 34.1 Å². The molecule has 0 aromatic carbocycles. The summed E-state index contributed by atoms with van der Waals surface area (Å²) < 4.78 is 0. The first-order chi connectivity index (χ1) is 7.35. The number of carbonyl (C=O) groups is 2. The van der Waals surface area contributed by atoms with Crippen molar-refractivity contribution >= 4 is 23.2 Å². The van der Waals surface area contributed by atoms with Crippen LogP contribution in [0, 0.1) is 0 Å². The van der Waals surface area contributed by atoms with Crippen LogP contribution in [0.5, 0.6) is 0 Å². The molecule has 1 rings (SSSR count). The Morgan fingerprint density at radius 2 is 2.12 bits per heavy atom. The van der Waals surface area contributed by atoms with E-state index in [-0.39, 0.29) is 11.5 Å². The molecule has 16 heavy (non-hydrogen) atoms. The van der Waals surface area contributed by atoms with Gasteiger partial charge in [-0.15, -0.1) is 0 Å². The van der Waals surface area contributed by atoms with Gasteiger partial charge in [0.15, 0.2) is 5.78 Å². The Morgan fingerprint density at radius 1 is 1.50 bits per heavy atom. The van der Waals surface area contributed by atoms with Crippen molar-refractivity contribution in [3.05, 3.63) is 0 Å². The second kappa shape index (κ2) is 4.42. The number of carbonyl (C=O) groups excluding carboxylic acids is 2. The smallest absolute Gasteiger partial charge is 0.377 e. The van der Waals surface area contributed by atoms with Gasteiger partial charge in [0.2, 0.25) is 5.60 Å². The molecule has 0 saturated carbocycles. The Bertz CT molecular complexity index is 386. The van der Waals surface area contributed by atoms with Gasteiger partial charge in [-0.1, -0.05) is 10.3 Å². The van der Waals surface area contributed by atoms with Gasteiger partial charge in [-0.25, -0.2) is 4.79 Å². The van der Waals surface area contributed by atoms with Gasteiger partial charge in [0, 0.05) is 13.3 Å². The molecule has 1 aliphatic heterocycles. The van der Waals surface area contributed by atoms with Crippen LogP contribution in [0.2, 0.25) is 0 Å². The summed E-state index contributed by atoms with van der Waals surface area (Å²) in [5.74, 6) is -0.911. The summed E-state index contributed by atoms with van der Waals surface area (Å²) in [5.41, 5.74) is -0.288. The highest BCUT2D eigenvalue weighted by Crippen LogP contribution is 2.24. The maximum Gasteiger partial charge on any atom is 0.381 e. The van der Waals surface area contributed by atoms with Gasteiger partial charge in [0.25, 0.3) is 0 Å². The normalized spacial score (nSPS) is 24.8. The Hall–Kier alpha value is -1.72. The van der Waals surface area contributed by atoms with Crippen molar-refractivity contribution in [3.8, 4) is 0 Å². The minimum absolute atomic E-state index is 0.132. The minimum atomic E-state index is -1.13. The molecule has 1 aliphatic rings. The number of hydrogen-bond acceptors (Lipinski definition) is 6. The fraction of sp³-hybridized carbons (Fsp3) is 0.600. The average molecular weight is 226 g/mol. The van der Waals surface area contributed by atoms with E-state index in [4.69, 9.17) is 4.84 Å². The van der Waals surface area contributed by atoms with Crippen LogP contribution in [0.25, 0.3) is 0 Å². The van der Waals surface area contributed by atoms with Gasteiger partial charge in [-0.05, 0) is 20.8 Å². The average Bonchev–Trinajstić information content (AvgIpc) is 2.55. The second-order valence-electron chi connectivity index (χ2n) is 3.94. The molecule has 0 radical (unpaired) electrons. The third kappa shape index (κ3) is 2.65. The topological polar surface area (TPSA) is 77.3 Å². The van der Waals surface area contributed by atoms with Crippen molar-refractivity contribution < 1.29 is 19.3 Å². The van der Waals surface area contributed by atoms with Crippen LogP contribution in [-0.2, 0) is 19.3 Å². The van der Waals surface area contributed by atoms with Crippen LogP contribution >= 0.6 is 0 Å². The molecule has 0 aromatic rings. The van der Waals surface area contributed by atoms with E-state index in [0.717, 1.165) is 0 Å². The summed E-state index contributed by atoms with van der Waals surface area (Å²) >= 11 is 0.